The number of nitrogens with zero attached hydrogens (tertiary/aromatic N) is 1. The minimum absolute atomic E-state index is 0.379. The number of anilines is 1. The molecule has 0 saturated heterocycles. The van der Waals surface area contributed by atoms with Crippen LogP contribution < -0.4 is 20.2 Å². The molecule has 0 aromatic heterocycles. The molecule has 7 heteroatoms. The minimum Gasteiger partial charge on any atom is -0.488 e. The molecule has 0 unspecified atom stereocenters. The molecule has 2 N–H and O–H groups in total. The van der Waals surface area contributed by atoms with Crippen LogP contribution in [0.25, 0.3) is 10.8 Å². The third-order valence-corrected chi connectivity index (χ3v) is 5.82. The second-order valence-corrected chi connectivity index (χ2v) is 8.57. The monoisotopic (exact) mass is 515 g/mol. The van der Waals surface area contributed by atoms with Crippen molar-refractivity contribution >= 4 is 34.5 Å². The van der Waals surface area contributed by atoms with Gasteiger partial charge in [-0.2, -0.15) is 5.10 Å². The molecule has 0 radical (unpaired) electrons. The number of nitrogens with one attached hydrogen (secondary N) is 2. The zero-order valence-electron chi connectivity index (χ0n) is 20.9. The molecule has 0 atom stereocenters. The Morgan fingerprint density at radius 1 is 0.692 bits per heavy atom. The Kier molecular flexibility index (Phi) is 7.90. The second kappa shape index (κ2) is 12.2. The number of fused-ring (bicyclic) bond motifs is 1. The SMILES string of the molecule is O=C(NN=Cc1c(OCc2ccccc2)ccc2ccccc12)C(=O)Nc1ccc(Oc2ccccc2)cc1. The zero-order chi connectivity index (χ0) is 26.9. The van der Waals surface area contributed by atoms with Crippen molar-refractivity contribution < 1.29 is 19.1 Å². The van der Waals surface area contributed by atoms with Crippen molar-refractivity contribution in [3.05, 3.63) is 132 Å². The average Bonchev–Trinajstić information content (AvgIpc) is 2.98. The highest BCUT2D eigenvalue weighted by atomic mass is 16.5. The fourth-order valence-electron chi connectivity index (χ4n) is 3.89. The summed E-state index contributed by atoms with van der Waals surface area (Å²) in [6.07, 6.45) is 1.49. The molecule has 0 aliphatic carbocycles. The van der Waals surface area contributed by atoms with Crippen LogP contribution in [0.15, 0.2) is 126 Å². The van der Waals surface area contributed by atoms with E-state index in [0.29, 0.717) is 35.1 Å². The van der Waals surface area contributed by atoms with Crippen LogP contribution in [0.5, 0.6) is 17.2 Å². The van der Waals surface area contributed by atoms with Crippen molar-refractivity contribution in [3.63, 3.8) is 0 Å². The summed E-state index contributed by atoms with van der Waals surface area (Å²) in [5.41, 5.74) is 4.47. The molecule has 7 nitrogen and oxygen atoms in total. The Labute approximate surface area is 225 Å². The van der Waals surface area contributed by atoms with Crippen molar-refractivity contribution in [2.45, 2.75) is 6.61 Å². The highest BCUT2D eigenvalue weighted by Crippen LogP contribution is 2.27. The maximum atomic E-state index is 12.4. The number of amides is 2. The Morgan fingerprint density at radius 3 is 2.13 bits per heavy atom. The molecule has 5 rings (SSSR count). The molecular weight excluding hydrogens is 490 g/mol. The number of ether oxygens (including phenoxy) is 2. The molecule has 192 valence electrons. The van der Waals surface area contributed by atoms with Gasteiger partial charge in [0, 0.05) is 11.3 Å². The largest absolute Gasteiger partial charge is 0.488 e. The maximum absolute atomic E-state index is 12.4. The van der Waals surface area contributed by atoms with Crippen LogP contribution in [0, 0.1) is 0 Å². The van der Waals surface area contributed by atoms with Gasteiger partial charge in [0.25, 0.3) is 0 Å². The first-order valence-electron chi connectivity index (χ1n) is 12.3. The number of hydrogen-bond donors (Lipinski definition) is 2. The summed E-state index contributed by atoms with van der Waals surface area (Å²) in [4.78, 5) is 24.8. The second-order valence-electron chi connectivity index (χ2n) is 8.57. The van der Waals surface area contributed by atoms with Crippen LogP contribution in [0.1, 0.15) is 11.1 Å². The molecule has 2 amide bonds. The summed E-state index contributed by atoms with van der Waals surface area (Å²) in [5.74, 6) is 0.169. The lowest BCUT2D eigenvalue weighted by Gasteiger charge is -2.12. The molecule has 0 heterocycles. The topological polar surface area (TPSA) is 89.0 Å². The average molecular weight is 516 g/mol. The van der Waals surface area contributed by atoms with Gasteiger partial charge in [-0.3, -0.25) is 9.59 Å². The van der Waals surface area contributed by atoms with E-state index in [0.717, 1.165) is 16.3 Å². The van der Waals surface area contributed by atoms with Crippen molar-refractivity contribution in [2.75, 3.05) is 5.32 Å². The summed E-state index contributed by atoms with van der Waals surface area (Å²) in [7, 11) is 0. The summed E-state index contributed by atoms with van der Waals surface area (Å²) in [6, 6.07) is 37.5. The van der Waals surface area contributed by atoms with E-state index in [4.69, 9.17) is 9.47 Å². The molecule has 0 saturated carbocycles. The van der Waals surface area contributed by atoms with Crippen LogP contribution >= 0.6 is 0 Å². The van der Waals surface area contributed by atoms with Crippen molar-refractivity contribution in [3.8, 4) is 17.2 Å². The third-order valence-electron chi connectivity index (χ3n) is 5.82. The number of para-hydroxylation sites is 1. The number of hydrogen-bond acceptors (Lipinski definition) is 5. The summed E-state index contributed by atoms with van der Waals surface area (Å²) < 4.78 is 11.8. The summed E-state index contributed by atoms with van der Waals surface area (Å²) in [5, 5.41) is 8.50. The van der Waals surface area contributed by atoms with Gasteiger partial charge in [-0.05, 0) is 58.8 Å². The van der Waals surface area contributed by atoms with Gasteiger partial charge in [0.1, 0.15) is 23.9 Å². The fraction of sp³-hybridized carbons (Fsp3) is 0.0312. The Morgan fingerprint density at radius 2 is 1.36 bits per heavy atom. The molecule has 0 bridgehead atoms. The molecular formula is C32H25N3O4. The van der Waals surface area contributed by atoms with Gasteiger partial charge < -0.3 is 14.8 Å². The molecule has 0 aliphatic rings. The standard InChI is InChI=1S/C32H25N3O4/c36-31(34-25-16-18-27(19-17-25)39-26-12-5-2-6-13-26)32(37)35-33-21-29-28-14-8-7-11-24(28)15-20-30(29)38-22-23-9-3-1-4-10-23/h1-21H,22H2,(H,34,36)(H,35,37). The molecule has 0 fully saturated rings. The van der Waals surface area contributed by atoms with E-state index >= 15 is 0 Å². The van der Waals surface area contributed by atoms with Gasteiger partial charge in [-0.15, -0.1) is 0 Å². The lowest BCUT2D eigenvalue weighted by Crippen LogP contribution is -2.32. The van der Waals surface area contributed by atoms with Crippen molar-refractivity contribution in [1.82, 2.24) is 5.43 Å². The van der Waals surface area contributed by atoms with Gasteiger partial charge in [0.05, 0.1) is 6.21 Å². The van der Waals surface area contributed by atoms with E-state index < -0.39 is 11.8 Å². The number of hydrazone groups is 1. The van der Waals surface area contributed by atoms with Gasteiger partial charge in [0.2, 0.25) is 0 Å². The van der Waals surface area contributed by atoms with E-state index in [1.807, 2.05) is 97.1 Å². The van der Waals surface area contributed by atoms with Gasteiger partial charge in [-0.25, -0.2) is 5.43 Å². The van der Waals surface area contributed by atoms with E-state index in [1.54, 1.807) is 24.3 Å². The summed E-state index contributed by atoms with van der Waals surface area (Å²) in [6.45, 7) is 0.379. The summed E-state index contributed by atoms with van der Waals surface area (Å²) >= 11 is 0. The van der Waals surface area contributed by atoms with Gasteiger partial charge in [-0.1, -0.05) is 78.9 Å². The van der Waals surface area contributed by atoms with E-state index in [-0.39, 0.29) is 0 Å². The first-order chi connectivity index (χ1) is 19.2. The number of carbonyl (C=O) groups excluding carboxylic acids is 2. The molecule has 5 aromatic rings. The Bertz CT molecular complexity index is 1600. The lowest BCUT2D eigenvalue weighted by atomic mass is 10.0. The first-order valence-corrected chi connectivity index (χ1v) is 12.3. The minimum atomic E-state index is -0.900. The van der Waals surface area contributed by atoms with E-state index in [2.05, 4.69) is 15.8 Å². The zero-order valence-corrected chi connectivity index (χ0v) is 20.9. The number of benzene rings is 5. The van der Waals surface area contributed by atoms with E-state index in [9.17, 15) is 9.59 Å². The number of carbonyl (C=O) groups is 2. The van der Waals surface area contributed by atoms with Crippen molar-refractivity contribution in [2.24, 2.45) is 5.10 Å². The Balaban J connectivity index is 1.23. The van der Waals surface area contributed by atoms with Crippen molar-refractivity contribution in [1.29, 1.82) is 0 Å². The van der Waals surface area contributed by atoms with Crippen LogP contribution in [0.4, 0.5) is 5.69 Å². The molecule has 0 spiro atoms. The molecule has 0 aliphatic heterocycles. The van der Waals surface area contributed by atoms with Crippen LogP contribution in [-0.4, -0.2) is 18.0 Å². The fourth-order valence-corrected chi connectivity index (χ4v) is 3.89. The smallest absolute Gasteiger partial charge is 0.329 e. The molecule has 5 aromatic carbocycles. The van der Waals surface area contributed by atoms with Crippen LogP contribution in [-0.2, 0) is 16.2 Å². The number of rotatable bonds is 8. The molecule has 39 heavy (non-hydrogen) atoms. The highest BCUT2D eigenvalue weighted by Gasteiger charge is 2.14. The van der Waals surface area contributed by atoms with Crippen LogP contribution in [0.3, 0.4) is 0 Å². The normalized spacial score (nSPS) is 10.8. The van der Waals surface area contributed by atoms with Gasteiger partial charge >= 0.3 is 11.8 Å². The quantitative estimate of drug-likeness (QED) is 0.144. The maximum Gasteiger partial charge on any atom is 0.329 e. The van der Waals surface area contributed by atoms with Gasteiger partial charge in [0.15, 0.2) is 0 Å². The predicted molar refractivity (Wildman–Crippen MR) is 152 cm³/mol. The van der Waals surface area contributed by atoms with Crippen LogP contribution in [0.2, 0.25) is 0 Å². The Hall–Kier alpha value is -5.43. The predicted octanol–water partition coefficient (Wildman–Crippen LogP) is 6.30. The first kappa shape index (κ1) is 25.2. The highest BCUT2D eigenvalue weighted by molar-refractivity contribution is 6.39. The third kappa shape index (κ3) is 6.67. The van der Waals surface area contributed by atoms with E-state index in [1.165, 1.54) is 6.21 Å². The lowest BCUT2D eigenvalue weighted by molar-refractivity contribution is -0.136.